The lowest BCUT2D eigenvalue weighted by atomic mass is 9.91. The molecule has 2 rings (SSSR count). The molecule has 0 unspecified atom stereocenters. The van der Waals surface area contributed by atoms with Crippen LogP contribution in [0.15, 0.2) is 4.52 Å². The first kappa shape index (κ1) is 18.9. The second-order valence-electron chi connectivity index (χ2n) is 6.27. The molecule has 0 radical (unpaired) electrons. The van der Waals surface area contributed by atoms with Crippen LogP contribution < -0.4 is 0 Å². The Kier molecular flexibility index (Phi) is 6.36. The van der Waals surface area contributed by atoms with Gasteiger partial charge in [-0.2, -0.15) is 0 Å². The maximum absolute atomic E-state index is 12.2. The van der Waals surface area contributed by atoms with E-state index in [1.807, 2.05) is 13.8 Å². The molecule has 1 aliphatic rings. The molecule has 0 aliphatic carbocycles. The quantitative estimate of drug-likeness (QED) is 0.424. The highest BCUT2D eigenvalue weighted by Gasteiger charge is 2.28. The smallest absolute Gasteiger partial charge is 0.233 e. The molecule has 1 aromatic heterocycles. The lowest BCUT2D eigenvalue weighted by Gasteiger charge is -2.31. The van der Waals surface area contributed by atoms with Gasteiger partial charge in [0.15, 0.2) is 0 Å². The van der Waals surface area contributed by atoms with Crippen molar-refractivity contribution >= 4 is 16.4 Å². The van der Waals surface area contributed by atoms with Gasteiger partial charge in [0.25, 0.3) is 0 Å². The van der Waals surface area contributed by atoms with Crippen molar-refractivity contribution in [3.8, 4) is 0 Å². The van der Waals surface area contributed by atoms with Crippen molar-refractivity contribution in [1.82, 2.24) is 14.5 Å². The van der Waals surface area contributed by atoms with Gasteiger partial charge < -0.3 is 4.52 Å². The number of rotatable bonds is 8. The Bertz CT molecular complexity index is 631. The van der Waals surface area contributed by atoms with Crippen molar-refractivity contribution in [2.75, 3.05) is 25.4 Å². The molecule has 0 spiro atoms. The summed E-state index contributed by atoms with van der Waals surface area (Å²) in [7, 11) is -3.44. The van der Waals surface area contributed by atoms with Crippen LogP contribution in [-0.2, 0) is 21.2 Å². The van der Waals surface area contributed by atoms with Gasteiger partial charge in [-0.15, -0.1) is 0 Å². The van der Waals surface area contributed by atoms with Gasteiger partial charge in [-0.25, -0.2) is 17.8 Å². The summed E-state index contributed by atoms with van der Waals surface area (Å²) in [5.74, 6) is 1.08. The first-order valence-corrected chi connectivity index (χ1v) is 9.74. The number of aromatic nitrogens is 1. The number of nitrogens with zero attached hydrogens (tertiary/aromatic N) is 3. The van der Waals surface area contributed by atoms with E-state index >= 15 is 0 Å². The van der Waals surface area contributed by atoms with Gasteiger partial charge in [0.2, 0.25) is 16.4 Å². The second kappa shape index (κ2) is 8.09. The first-order valence-electron chi connectivity index (χ1n) is 8.14. The van der Waals surface area contributed by atoms with E-state index in [2.05, 4.69) is 5.16 Å². The number of amides is 1. The molecule has 1 aromatic rings. The number of hydrogen-bond donors (Lipinski definition) is 1. The molecule has 0 aromatic carbocycles. The van der Waals surface area contributed by atoms with Crippen LogP contribution in [0.2, 0.25) is 0 Å². The van der Waals surface area contributed by atoms with E-state index in [-0.39, 0.29) is 18.7 Å². The van der Waals surface area contributed by atoms with E-state index in [9.17, 15) is 13.2 Å². The molecule has 1 aliphatic heterocycles. The molecule has 1 amide bonds. The van der Waals surface area contributed by atoms with Crippen molar-refractivity contribution in [2.24, 2.45) is 5.92 Å². The monoisotopic (exact) mass is 359 g/mol. The van der Waals surface area contributed by atoms with E-state index in [0.29, 0.717) is 24.1 Å². The highest BCUT2D eigenvalue weighted by atomic mass is 32.2. The molecule has 9 heteroatoms. The molecule has 0 saturated carbocycles. The molecule has 1 saturated heterocycles. The zero-order valence-electron chi connectivity index (χ0n) is 14.1. The molecule has 2 heterocycles. The standard InChI is InChI=1S/C15H25N3O5S/c1-12-15(13(2)23-16-12)4-3-14-5-7-18(8-6-14)24(21,22)10-9-17(20)11-19/h11,14,20H,3-10H2,1-2H3. The summed E-state index contributed by atoms with van der Waals surface area (Å²) in [6, 6.07) is 0. The molecule has 24 heavy (non-hydrogen) atoms. The Labute approximate surface area is 142 Å². The minimum absolute atomic E-state index is 0.205. The van der Waals surface area contributed by atoms with Gasteiger partial charge in [-0.1, -0.05) is 5.16 Å². The van der Waals surface area contributed by atoms with Gasteiger partial charge in [0, 0.05) is 18.7 Å². The van der Waals surface area contributed by atoms with Crippen molar-refractivity contribution in [1.29, 1.82) is 0 Å². The van der Waals surface area contributed by atoms with Crippen LogP contribution in [0.1, 0.15) is 36.3 Å². The minimum atomic E-state index is -3.44. The Hall–Kier alpha value is -1.45. The largest absolute Gasteiger partial charge is 0.361 e. The summed E-state index contributed by atoms with van der Waals surface area (Å²) >= 11 is 0. The number of hydroxylamine groups is 2. The van der Waals surface area contributed by atoms with Crippen molar-refractivity contribution in [3.63, 3.8) is 0 Å². The van der Waals surface area contributed by atoms with Crippen LogP contribution in [0.5, 0.6) is 0 Å². The van der Waals surface area contributed by atoms with Crippen LogP contribution >= 0.6 is 0 Å². The van der Waals surface area contributed by atoms with Gasteiger partial charge in [0.05, 0.1) is 18.0 Å². The molecule has 0 bridgehead atoms. The zero-order chi connectivity index (χ0) is 17.7. The Morgan fingerprint density at radius 1 is 1.38 bits per heavy atom. The summed E-state index contributed by atoms with van der Waals surface area (Å²) < 4.78 is 31.0. The Morgan fingerprint density at radius 2 is 2.04 bits per heavy atom. The first-order chi connectivity index (χ1) is 11.3. The fourth-order valence-electron chi connectivity index (χ4n) is 3.07. The van der Waals surface area contributed by atoms with Gasteiger partial charge in [-0.3, -0.25) is 10.0 Å². The number of sulfonamides is 1. The predicted octanol–water partition coefficient (Wildman–Crippen LogP) is 1.11. The van der Waals surface area contributed by atoms with E-state index in [0.717, 1.165) is 42.7 Å². The normalized spacial score (nSPS) is 17.1. The van der Waals surface area contributed by atoms with Crippen LogP contribution in [0, 0.1) is 19.8 Å². The fourth-order valence-corrected chi connectivity index (χ4v) is 4.52. The third kappa shape index (κ3) is 4.78. The number of carbonyl (C=O) groups is 1. The third-order valence-corrected chi connectivity index (χ3v) is 6.50. The van der Waals surface area contributed by atoms with Crippen LogP contribution in [0.25, 0.3) is 0 Å². The average molecular weight is 359 g/mol. The number of hydrogen-bond acceptors (Lipinski definition) is 6. The van der Waals surface area contributed by atoms with Crippen LogP contribution in [0.4, 0.5) is 0 Å². The summed E-state index contributed by atoms with van der Waals surface area (Å²) in [5.41, 5.74) is 2.08. The summed E-state index contributed by atoms with van der Waals surface area (Å²) in [6.45, 7) is 4.61. The fraction of sp³-hybridized carbons (Fsp3) is 0.733. The van der Waals surface area contributed by atoms with Crippen molar-refractivity contribution in [2.45, 2.75) is 39.5 Å². The molecule has 1 N–H and O–H groups in total. The van der Waals surface area contributed by atoms with Crippen LogP contribution in [-0.4, -0.2) is 59.9 Å². The molecule has 8 nitrogen and oxygen atoms in total. The summed E-state index contributed by atoms with van der Waals surface area (Å²) in [5, 5.41) is 13.3. The molecular formula is C15H25N3O5S. The van der Waals surface area contributed by atoms with E-state index in [1.54, 1.807) is 0 Å². The van der Waals surface area contributed by atoms with Crippen molar-refractivity contribution in [3.05, 3.63) is 17.0 Å². The van der Waals surface area contributed by atoms with E-state index < -0.39 is 10.0 Å². The molecule has 0 atom stereocenters. The number of aryl methyl sites for hydroxylation is 2. The Balaban J connectivity index is 1.79. The third-order valence-electron chi connectivity index (χ3n) is 4.65. The van der Waals surface area contributed by atoms with Gasteiger partial charge >= 0.3 is 0 Å². The molecular weight excluding hydrogens is 334 g/mol. The minimum Gasteiger partial charge on any atom is -0.361 e. The highest BCUT2D eigenvalue weighted by molar-refractivity contribution is 7.89. The molecule has 136 valence electrons. The maximum Gasteiger partial charge on any atom is 0.233 e. The maximum atomic E-state index is 12.2. The van der Waals surface area contributed by atoms with E-state index in [1.165, 1.54) is 4.31 Å². The van der Waals surface area contributed by atoms with Crippen LogP contribution in [0.3, 0.4) is 0 Å². The van der Waals surface area contributed by atoms with Gasteiger partial charge in [-0.05, 0) is 45.4 Å². The number of piperidine rings is 1. The van der Waals surface area contributed by atoms with Crippen molar-refractivity contribution < 1.29 is 22.9 Å². The molecule has 1 fully saturated rings. The second-order valence-corrected chi connectivity index (χ2v) is 8.36. The Morgan fingerprint density at radius 3 is 2.58 bits per heavy atom. The average Bonchev–Trinajstić information content (AvgIpc) is 2.89. The zero-order valence-corrected chi connectivity index (χ0v) is 15.0. The highest BCUT2D eigenvalue weighted by Crippen LogP contribution is 2.25. The topological polar surface area (TPSA) is 104 Å². The summed E-state index contributed by atoms with van der Waals surface area (Å²) in [6.07, 6.45) is 3.73. The van der Waals surface area contributed by atoms with E-state index in [4.69, 9.17) is 9.73 Å². The van der Waals surface area contributed by atoms with Gasteiger partial charge in [0.1, 0.15) is 5.76 Å². The lowest BCUT2D eigenvalue weighted by Crippen LogP contribution is -2.41. The predicted molar refractivity (Wildman–Crippen MR) is 86.9 cm³/mol. The SMILES string of the molecule is Cc1noc(C)c1CCC1CCN(S(=O)(=O)CCN(O)C=O)CC1. The number of carbonyl (C=O) groups excluding carboxylic acids is 1. The summed E-state index contributed by atoms with van der Waals surface area (Å²) in [4.78, 5) is 10.3. The lowest BCUT2D eigenvalue weighted by molar-refractivity contribution is -0.148.